The molecule has 0 N–H and O–H groups in total. The predicted octanol–water partition coefficient (Wildman–Crippen LogP) is 2.59. The van der Waals surface area contributed by atoms with Gasteiger partial charge in [-0.25, -0.2) is 0 Å². The quantitative estimate of drug-likeness (QED) is 0.619. The number of carbonyl (C=O) groups is 2. The van der Waals surface area contributed by atoms with E-state index in [9.17, 15) is 9.59 Å². The molecule has 1 heterocycles. The zero-order chi connectivity index (χ0) is 13.3. The van der Waals surface area contributed by atoms with Crippen LogP contribution in [0.15, 0.2) is 12.1 Å². The number of rotatable bonds is 4. The summed E-state index contributed by atoms with van der Waals surface area (Å²) in [6.45, 7) is 4.60. The van der Waals surface area contributed by atoms with Crippen molar-refractivity contribution in [3.05, 3.63) is 28.8 Å². The van der Waals surface area contributed by atoms with Gasteiger partial charge in [-0.3, -0.25) is 9.59 Å². The smallest absolute Gasteiger partial charge is 0.299 e. The Morgan fingerprint density at radius 3 is 2.61 bits per heavy atom. The minimum Gasteiger partial charge on any atom is -0.304 e. The molecule has 2 rings (SSSR count). The van der Waals surface area contributed by atoms with Crippen molar-refractivity contribution in [2.75, 3.05) is 23.5 Å². The summed E-state index contributed by atoms with van der Waals surface area (Å²) in [4.78, 5) is 25.5. The van der Waals surface area contributed by atoms with Gasteiger partial charge in [0, 0.05) is 6.54 Å². The Hall–Kier alpha value is -1.29. The van der Waals surface area contributed by atoms with Crippen LogP contribution in [0, 0.1) is 13.8 Å². The molecule has 1 aromatic carbocycles. The van der Waals surface area contributed by atoms with Gasteiger partial charge in [-0.05, 0) is 49.5 Å². The molecule has 0 radical (unpaired) electrons. The molecule has 0 saturated heterocycles. The number of thioether (sulfide) groups is 1. The van der Waals surface area contributed by atoms with Crippen LogP contribution in [0.4, 0.5) is 5.69 Å². The summed E-state index contributed by atoms with van der Waals surface area (Å²) < 4.78 is 0. The fourth-order valence-electron chi connectivity index (χ4n) is 2.25. The van der Waals surface area contributed by atoms with Gasteiger partial charge in [0.15, 0.2) is 0 Å². The topological polar surface area (TPSA) is 37.4 Å². The van der Waals surface area contributed by atoms with Crippen molar-refractivity contribution in [3.63, 3.8) is 0 Å². The number of ketones is 1. The van der Waals surface area contributed by atoms with Gasteiger partial charge in [0.05, 0.1) is 11.3 Å². The molecule has 0 aliphatic carbocycles. The number of hydrogen-bond donors (Lipinski definition) is 0. The Morgan fingerprint density at radius 1 is 1.22 bits per heavy atom. The van der Waals surface area contributed by atoms with E-state index >= 15 is 0 Å². The molecule has 0 unspecified atom stereocenters. The number of Topliss-reactive ketones (excluding diaryl/α,β-unsaturated/α-hetero) is 1. The number of aryl methyl sites for hydroxylation is 1. The van der Waals surface area contributed by atoms with Crippen molar-refractivity contribution in [1.29, 1.82) is 0 Å². The highest BCUT2D eigenvalue weighted by Gasteiger charge is 2.36. The van der Waals surface area contributed by atoms with E-state index in [0.29, 0.717) is 12.1 Å². The van der Waals surface area contributed by atoms with Crippen molar-refractivity contribution < 1.29 is 9.59 Å². The first-order chi connectivity index (χ1) is 8.57. The van der Waals surface area contributed by atoms with Gasteiger partial charge in [0.1, 0.15) is 0 Å². The number of benzene rings is 1. The lowest BCUT2D eigenvalue weighted by atomic mass is 10.0. The Balaban J connectivity index is 2.37. The number of carbonyl (C=O) groups excluding carboxylic acids is 2. The van der Waals surface area contributed by atoms with Crippen LogP contribution in [0.25, 0.3) is 0 Å². The SMILES string of the molecule is CSCCCN1C(=O)C(=O)c2ccc(C)c(C)c21. The fraction of sp³-hybridized carbons (Fsp3) is 0.429. The fourth-order valence-corrected chi connectivity index (χ4v) is 2.67. The third-order valence-electron chi connectivity index (χ3n) is 3.39. The number of nitrogens with zero attached hydrogens (tertiary/aromatic N) is 1. The lowest BCUT2D eigenvalue weighted by Gasteiger charge is -2.19. The molecule has 1 aliphatic rings. The van der Waals surface area contributed by atoms with E-state index in [0.717, 1.165) is 29.0 Å². The van der Waals surface area contributed by atoms with Crippen molar-refractivity contribution in [2.24, 2.45) is 0 Å². The van der Waals surface area contributed by atoms with Crippen molar-refractivity contribution >= 4 is 29.1 Å². The predicted molar refractivity (Wildman–Crippen MR) is 75.6 cm³/mol. The molecule has 18 heavy (non-hydrogen) atoms. The standard InChI is InChI=1S/C14H17NO2S/c1-9-5-6-11-12(10(9)2)15(7-4-8-18-3)14(17)13(11)16/h5-6H,4,7-8H2,1-3H3. The Kier molecular flexibility index (Phi) is 3.76. The van der Waals surface area contributed by atoms with Crippen LogP contribution in [0.5, 0.6) is 0 Å². The summed E-state index contributed by atoms with van der Waals surface area (Å²) in [5.41, 5.74) is 3.54. The van der Waals surface area contributed by atoms with E-state index in [1.807, 2.05) is 26.2 Å². The lowest BCUT2D eigenvalue weighted by Crippen LogP contribution is -2.31. The van der Waals surface area contributed by atoms with Crippen LogP contribution in [-0.4, -0.2) is 30.2 Å². The van der Waals surface area contributed by atoms with Crippen LogP contribution in [-0.2, 0) is 4.79 Å². The highest BCUT2D eigenvalue weighted by atomic mass is 32.2. The Labute approximate surface area is 112 Å². The second-order valence-corrected chi connectivity index (χ2v) is 5.52. The molecular formula is C14H17NO2S. The van der Waals surface area contributed by atoms with Crippen molar-refractivity contribution in [2.45, 2.75) is 20.3 Å². The average Bonchev–Trinajstić information content (AvgIpc) is 2.60. The van der Waals surface area contributed by atoms with Gasteiger partial charge in [0.2, 0.25) is 0 Å². The number of hydrogen-bond acceptors (Lipinski definition) is 3. The molecule has 0 saturated carbocycles. The molecule has 0 aromatic heterocycles. The first-order valence-electron chi connectivity index (χ1n) is 6.03. The molecule has 96 valence electrons. The van der Waals surface area contributed by atoms with E-state index in [2.05, 4.69) is 0 Å². The maximum Gasteiger partial charge on any atom is 0.299 e. The number of fused-ring (bicyclic) bond motifs is 1. The molecule has 1 amide bonds. The van der Waals surface area contributed by atoms with Gasteiger partial charge < -0.3 is 4.90 Å². The summed E-state index contributed by atoms with van der Waals surface area (Å²) in [6.07, 6.45) is 2.95. The number of amides is 1. The molecule has 0 spiro atoms. The first-order valence-corrected chi connectivity index (χ1v) is 7.42. The normalized spacial score (nSPS) is 14.3. The summed E-state index contributed by atoms with van der Waals surface area (Å²) in [5.74, 6) is 0.259. The highest BCUT2D eigenvalue weighted by molar-refractivity contribution is 7.98. The van der Waals surface area contributed by atoms with E-state index in [-0.39, 0.29) is 11.7 Å². The minimum atomic E-state index is -0.375. The second-order valence-electron chi connectivity index (χ2n) is 4.54. The highest BCUT2D eigenvalue weighted by Crippen LogP contribution is 2.34. The Bertz CT molecular complexity index is 511. The number of anilines is 1. The Morgan fingerprint density at radius 2 is 1.94 bits per heavy atom. The van der Waals surface area contributed by atoms with E-state index < -0.39 is 0 Å². The zero-order valence-corrected chi connectivity index (χ0v) is 11.8. The van der Waals surface area contributed by atoms with Gasteiger partial charge in [-0.1, -0.05) is 6.07 Å². The molecule has 0 bridgehead atoms. The molecule has 0 fully saturated rings. The van der Waals surface area contributed by atoms with Gasteiger partial charge in [0.25, 0.3) is 11.7 Å². The van der Waals surface area contributed by atoms with Crippen molar-refractivity contribution in [3.8, 4) is 0 Å². The van der Waals surface area contributed by atoms with Gasteiger partial charge >= 0.3 is 0 Å². The third-order valence-corrected chi connectivity index (χ3v) is 4.08. The first kappa shape index (κ1) is 13.1. The summed E-state index contributed by atoms with van der Waals surface area (Å²) >= 11 is 1.75. The summed E-state index contributed by atoms with van der Waals surface area (Å²) in [7, 11) is 0. The van der Waals surface area contributed by atoms with Crippen molar-refractivity contribution in [1.82, 2.24) is 0 Å². The summed E-state index contributed by atoms with van der Waals surface area (Å²) in [5, 5.41) is 0. The molecule has 1 aromatic rings. The largest absolute Gasteiger partial charge is 0.304 e. The average molecular weight is 263 g/mol. The van der Waals surface area contributed by atoms with Crippen LogP contribution in [0.2, 0.25) is 0 Å². The monoisotopic (exact) mass is 263 g/mol. The lowest BCUT2D eigenvalue weighted by molar-refractivity contribution is -0.114. The molecule has 4 heteroatoms. The summed E-state index contributed by atoms with van der Waals surface area (Å²) in [6, 6.07) is 3.68. The molecule has 1 aliphatic heterocycles. The molecule has 0 atom stereocenters. The maximum absolute atomic E-state index is 12.0. The second kappa shape index (κ2) is 5.14. The molecular weight excluding hydrogens is 246 g/mol. The maximum atomic E-state index is 12.0. The van der Waals surface area contributed by atoms with Crippen LogP contribution in [0.1, 0.15) is 27.9 Å². The van der Waals surface area contributed by atoms with Crippen LogP contribution in [0.3, 0.4) is 0 Å². The molecule has 3 nitrogen and oxygen atoms in total. The van der Waals surface area contributed by atoms with Gasteiger partial charge in [-0.15, -0.1) is 0 Å². The van der Waals surface area contributed by atoms with Crippen LogP contribution < -0.4 is 4.90 Å². The van der Waals surface area contributed by atoms with E-state index in [1.54, 1.807) is 22.7 Å². The van der Waals surface area contributed by atoms with Gasteiger partial charge in [-0.2, -0.15) is 11.8 Å². The zero-order valence-electron chi connectivity index (χ0n) is 10.9. The van der Waals surface area contributed by atoms with E-state index in [4.69, 9.17) is 0 Å². The van der Waals surface area contributed by atoms with E-state index in [1.165, 1.54) is 0 Å². The third kappa shape index (κ3) is 2.05. The minimum absolute atomic E-state index is 0.364. The van der Waals surface area contributed by atoms with Crippen LogP contribution >= 0.6 is 11.8 Å².